The fourth-order valence-electron chi connectivity index (χ4n) is 2.02. The molecule has 0 fully saturated rings. The normalized spacial score (nSPS) is 11.0. The molecule has 0 saturated carbocycles. The summed E-state index contributed by atoms with van der Waals surface area (Å²) in [6.45, 7) is 5.66. The first-order valence-electron chi connectivity index (χ1n) is 8.13. The molecule has 1 rings (SSSR count). The molecular weight excluding hydrogens is 449 g/mol. The first-order chi connectivity index (χ1) is 12.2. The highest BCUT2D eigenvalue weighted by atomic mass is 127. The predicted molar refractivity (Wildman–Crippen MR) is 108 cm³/mol. The van der Waals surface area contributed by atoms with E-state index in [9.17, 15) is 19.8 Å². The van der Waals surface area contributed by atoms with Crippen LogP contribution in [-0.4, -0.2) is 28.7 Å². The van der Waals surface area contributed by atoms with Crippen molar-refractivity contribution in [3.8, 4) is 11.5 Å². The van der Waals surface area contributed by atoms with Gasteiger partial charge in [-0.25, -0.2) is 4.79 Å². The van der Waals surface area contributed by atoms with Crippen LogP contribution in [0.3, 0.4) is 0 Å². The molecule has 3 N–H and O–H groups in total. The van der Waals surface area contributed by atoms with Crippen molar-refractivity contribution >= 4 is 34.5 Å². The minimum atomic E-state index is -0.549. The van der Waals surface area contributed by atoms with Crippen LogP contribution in [0.5, 0.6) is 11.5 Å². The molecule has 1 amide bonds. The number of nitrogens with one attached hydrogen (secondary N) is 1. The fraction of sp³-hybridized carbons (Fsp3) is 0.368. The van der Waals surface area contributed by atoms with E-state index >= 15 is 0 Å². The van der Waals surface area contributed by atoms with E-state index in [1.54, 1.807) is 0 Å². The number of carbonyl (C=O) groups excluding carboxylic acids is 2. The van der Waals surface area contributed by atoms with Crippen molar-refractivity contribution in [3.63, 3.8) is 0 Å². The Morgan fingerprint density at radius 3 is 2.50 bits per heavy atom. The molecule has 1 aromatic rings. The summed E-state index contributed by atoms with van der Waals surface area (Å²) in [5, 5.41) is 21.5. The number of rotatable bonds is 8. The molecule has 0 aliphatic rings. The third kappa shape index (κ3) is 8.37. The summed E-state index contributed by atoms with van der Waals surface area (Å²) in [5.74, 6) is -1.47. The van der Waals surface area contributed by atoms with Gasteiger partial charge in [0.25, 0.3) is 5.91 Å². The van der Waals surface area contributed by atoms with Crippen molar-refractivity contribution in [2.45, 2.75) is 40.2 Å². The minimum absolute atomic E-state index is 0.153. The van der Waals surface area contributed by atoms with E-state index in [1.165, 1.54) is 23.8 Å². The lowest BCUT2D eigenvalue weighted by molar-refractivity contribution is -0.143. The van der Waals surface area contributed by atoms with Crippen LogP contribution in [0.1, 0.15) is 39.2 Å². The lowest BCUT2D eigenvalue weighted by atomic mass is 10.1. The maximum atomic E-state index is 11.8. The molecule has 142 valence electrons. The predicted octanol–water partition coefficient (Wildman–Crippen LogP) is 3.55. The van der Waals surface area contributed by atoms with E-state index in [1.807, 2.05) is 43.4 Å². The van der Waals surface area contributed by atoms with Crippen molar-refractivity contribution in [3.05, 3.63) is 44.6 Å². The van der Waals surface area contributed by atoms with E-state index in [4.69, 9.17) is 4.74 Å². The molecule has 6 nitrogen and oxygen atoms in total. The van der Waals surface area contributed by atoms with Gasteiger partial charge >= 0.3 is 5.97 Å². The maximum Gasteiger partial charge on any atom is 0.331 e. The molecular formula is C19H24INO5. The van der Waals surface area contributed by atoms with E-state index < -0.39 is 11.9 Å². The Kier molecular flexibility index (Phi) is 9.18. The molecule has 1 aromatic carbocycles. The van der Waals surface area contributed by atoms with Gasteiger partial charge in [-0.3, -0.25) is 4.79 Å². The third-order valence-electron chi connectivity index (χ3n) is 3.42. The Labute approximate surface area is 167 Å². The van der Waals surface area contributed by atoms with Gasteiger partial charge in [-0.05, 0) is 73.9 Å². The smallest absolute Gasteiger partial charge is 0.331 e. The van der Waals surface area contributed by atoms with Crippen molar-refractivity contribution in [1.29, 1.82) is 0 Å². The van der Waals surface area contributed by atoms with Gasteiger partial charge < -0.3 is 20.3 Å². The number of halogens is 1. The highest BCUT2D eigenvalue weighted by Crippen LogP contribution is 2.29. The largest absolute Gasteiger partial charge is 0.504 e. The molecule has 0 atom stereocenters. The third-order valence-corrected chi connectivity index (χ3v) is 4.42. The van der Waals surface area contributed by atoms with Gasteiger partial charge in [0.1, 0.15) is 0 Å². The summed E-state index contributed by atoms with van der Waals surface area (Å²) >= 11 is 1.99. The molecule has 26 heavy (non-hydrogen) atoms. The zero-order valence-corrected chi connectivity index (χ0v) is 17.3. The maximum absolute atomic E-state index is 11.8. The summed E-state index contributed by atoms with van der Waals surface area (Å²) in [5.41, 5.74) is 2.77. The number of hydrogen-bond acceptors (Lipinski definition) is 5. The molecule has 0 bridgehead atoms. The molecule has 0 heterocycles. The van der Waals surface area contributed by atoms with Gasteiger partial charge in [0.05, 0.1) is 0 Å². The molecule has 7 heteroatoms. The van der Waals surface area contributed by atoms with E-state index in [0.29, 0.717) is 9.13 Å². The Morgan fingerprint density at radius 1 is 1.19 bits per heavy atom. The van der Waals surface area contributed by atoms with Crippen molar-refractivity contribution < 1.29 is 24.5 Å². The topological polar surface area (TPSA) is 95.9 Å². The average Bonchev–Trinajstić information content (AvgIpc) is 2.54. The quantitative estimate of drug-likeness (QED) is 0.177. The number of amides is 1. The van der Waals surface area contributed by atoms with Crippen LogP contribution in [0.25, 0.3) is 0 Å². The summed E-state index contributed by atoms with van der Waals surface area (Å²) in [6, 6.07) is 2.78. The van der Waals surface area contributed by atoms with Gasteiger partial charge in [0.15, 0.2) is 18.1 Å². The fourth-order valence-corrected chi connectivity index (χ4v) is 2.66. The lowest BCUT2D eigenvalue weighted by Gasteiger charge is -2.09. The second-order valence-electron chi connectivity index (χ2n) is 6.13. The zero-order valence-electron chi connectivity index (χ0n) is 15.1. The van der Waals surface area contributed by atoms with Crippen LogP contribution in [-0.2, 0) is 20.9 Å². The second-order valence-corrected chi connectivity index (χ2v) is 7.29. The second kappa shape index (κ2) is 10.8. The summed E-state index contributed by atoms with van der Waals surface area (Å²) in [7, 11) is 0. The molecule has 0 radical (unpaired) electrons. The van der Waals surface area contributed by atoms with Crippen LogP contribution in [0.4, 0.5) is 0 Å². The van der Waals surface area contributed by atoms with Crippen molar-refractivity contribution in [1.82, 2.24) is 5.32 Å². The van der Waals surface area contributed by atoms with Crippen molar-refractivity contribution in [2.75, 3.05) is 6.61 Å². The number of allylic oxidation sites excluding steroid dienone is 3. The molecule has 0 spiro atoms. The summed E-state index contributed by atoms with van der Waals surface area (Å²) < 4.78 is 5.63. The number of hydrogen-bond donors (Lipinski definition) is 3. The number of ether oxygens (including phenoxy) is 1. The van der Waals surface area contributed by atoms with E-state index in [2.05, 4.69) is 11.4 Å². The lowest BCUT2D eigenvalue weighted by Crippen LogP contribution is -2.28. The zero-order chi connectivity index (χ0) is 19.7. The van der Waals surface area contributed by atoms with Gasteiger partial charge in [-0.2, -0.15) is 0 Å². The number of aromatic hydroxyl groups is 2. The van der Waals surface area contributed by atoms with Crippen LogP contribution in [0.2, 0.25) is 0 Å². The Hall–Kier alpha value is -2.03. The minimum Gasteiger partial charge on any atom is -0.504 e. The van der Waals surface area contributed by atoms with Gasteiger partial charge in [-0.1, -0.05) is 17.2 Å². The Morgan fingerprint density at radius 2 is 1.85 bits per heavy atom. The highest BCUT2D eigenvalue weighted by Gasteiger charge is 2.10. The Bertz CT molecular complexity index is 721. The molecule has 0 aliphatic heterocycles. The highest BCUT2D eigenvalue weighted by molar-refractivity contribution is 14.1. The summed E-state index contributed by atoms with van der Waals surface area (Å²) in [4.78, 5) is 23.5. The molecule has 0 aliphatic carbocycles. The Balaban J connectivity index is 2.41. The van der Waals surface area contributed by atoms with Gasteiger partial charge in [0, 0.05) is 16.2 Å². The van der Waals surface area contributed by atoms with E-state index in [-0.39, 0.29) is 24.7 Å². The number of carbonyl (C=O) groups is 2. The first kappa shape index (κ1) is 22.0. The molecule has 0 aromatic heterocycles. The van der Waals surface area contributed by atoms with Crippen LogP contribution in [0, 0.1) is 3.57 Å². The number of phenolic OH excluding ortho intramolecular Hbond substituents is 2. The van der Waals surface area contributed by atoms with Crippen LogP contribution < -0.4 is 5.32 Å². The first-order valence-corrected chi connectivity index (χ1v) is 9.21. The van der Waals surface area contributed by atoms with Crippen molar-refractivity contribution in [2.24, 2.45) is 0 Å². The molecule has 0 saturated heterocycles. The van der Waals surface area contributed by atoms with Gasteiger partial charge in [0.2, 0.25) is 0 Å². The molecule has 0 unspecified atom stereocenters. The van der Waals surface area contributed by atoms with Crippen LogP contribution in [0.15, 0.2) is 35.4 Å². The SMILES string of the molecule is CC(C)=CCC/C(C)=C/C(=O)OCC(=O)NCc1cc(O)c(O)cc1I. The monoisotopic (exact) mass is 473 g/mol. The van der Waals surface area contributed by atoms with Gasteiger partial charge in [-0.15, -0.1) is 0 Å². The average molecular weight is 473 g/mol. The number of benzene rings is 1. The standard InChI is InChI=1S/C19H24INO5/c1-12(2)5-4-6-13(3)7-19(25)26-11-18(24)21-10-14-8-16(22)17(23)9-15(14)20/h5,7-9,22-23H,4,6,10-11H2,1-3H3,(H,21,24)/b13-7+. The summed E-state index contributed by atoms with van der Waals surface area (Å²) in [6.07, 6.45) is 5.11. The number of esters is 1. The van der Waals surface area contributed by atoms with Crippen LogP contribution >= 0.6 is 22.6 Å². The van der Waals surface area contributed by atoms with E-state index in [0.717, 1.165) is 18.4 Å². The number of phenols is 2.